The second kappa shape index (κ2) is 20.7. The van der Waals surface area contributed by atoms with Gasteiger partial charge in [0.05, 0.1) is 13.2 Å². The van der Waals surface area contributed by atoms with Crippen LogP contribution in [0.4, 0.5) is 0 Å². The van der Waals surface area contributed by atoms with Gasteiger partial charge in [0.25, 0.3) is 0 Å². The Bertz CT molecular complexity index is 750. The zero-order valence-electron chi connectivity index (χ0n) is 24.9. The molecule has 2 rings (SSSR count). The van der Waals surface area contributed by atoms with Crippen LogP contribution in [0.5, 0.6) is 0 Å². The summed E-state index contributed by atoms with van der Waals surface area (Å²) in [4.78, 5) is 12.5. The van der Waals surface area contributed by atoms with Crippen molar-refractivity contribution in [1.29, 1.82) is 0 Å². The van der Waals surface area contributed by atoms with Crippen LogP contribution < -0.4 is 0 Å². The molecule has 0 aromatic rings. The van der Waals surface area contributed by atoms with Gasteiger partial charge in [-0.25, -0.2) is 0 Å². The summed E-state index contributed by atoms with van der Waals surface area (Å²) < 4.78 is 21.4. The van der Waals surface area contributed by atoms with Crippen LogP contribution in [0.1, 0.15) is 96.8 Å². The molecule has 246 valence electrons. The Labute approximate surface area is 249 Å². The normalized spacial score (nSPS) is 33.7. The molecular weight excluding hydrogens is 552 g/mol. The van der Waals surface area contributed by atoms with Crippen LogP contribution >= 0.6 is 0 Å². The number of aliphatic hydroxyl groups excluding tert-OH is 7. The third-order valence-electron chi connectivity index (χ3n) is 7.85. The van der Waals surface area contributed by atoms with E-state index in [9.17, 15) is 40.5 Å². The summed E-state index contributed by atoms with van der Waals surface area (Å²) in [6, 6.07) is 0. The Morgan fingerprint density at radius 1 is 0.643 bits per heavy atom. The molecule has 0 radical (unpaired) electrons. The lowest BCUT2D eigenvalue weighted by Gasteiger charge is -2.45. The molecule has 42 heavy (non-hydrogen) atoms. The van der Waals surface area contributed by atoms with Crippen LogP contribution in [0, 0.1) is 0 Å². The zero-order valence-corrected chi connectivity index (χ0v) is 24.9. The molecule has 2 aliphatic heterocycles. The Morgan fingerprint density at radius 2 is 1.14 bits per heavy atom. The van der Waals surface area contributed by atoms with Crippen molar-refractivity contribution < 1.29 is 59.5 Å². The molecule has 0 aliphatic carbocycles. The number of allylic oxidation sites excluding steroid dienone is 2. The predicted molar refractivity (Wildman–Crippen MR) is 152 cm³/mol. The standard InChI is InChI=1S/C30H54O12/c1-2-3-4-5-6-7-8-9-10-11-12-13-14-15-16-17-22(33)41-28-24(35)21(19-32)40-30(27(28)38)42-29-26(37)25(36)23(34)20(18-31)39-29/h9-10,20-21,23-32,34-38H,2-8,11-19H2,1H3/b10-9-/t20-,21-,23-,24-,25+,26-,27-,28+,29-,30-/m1/s1. The molecule has 0 spiro atoms. The molecule has 0 amide bonds. The number of hydrogen-bond donors (Lipinski definition) is 7. The minimum Gasteiger partial charge on any atom is -0.456 e. The molecule has 2 aliphatic rings. The van der Waals surface area contributed by atoms with E-state index in [1.54, 1.807) is 0 Å². The average Bonchev–Trinajstić information content (AvgIpc) is 2.98. The third-order valence-corrected chi connectivity index (χ3v) is 7.85. The van der Waals surface area contributed by atoms with Gasteiger partial charge in [0, 0.05) is 6.42 Å². The van der Waals surface area contributed by atoms with Gasteiger partial charge >= 0.3 is 5.97 Å². The van der Waals surface area contributed by atoms with E-state index in [0.717, 1.165) is 38.5 Å². The van der Waals surface area contributed by atoms with Gasteiger partial charge in [-0.05, 0) is 32.1 Å². The van der Waals surface area contributed by atoms with E-state index < -0.39 is 80.6 Å². The van der Waals surface area contributed by atoms with E-state index in [1.807, 2.05) is 0 Å². The summed E-state index contributed by atoms with van der Waals surface area (Å²) >= 11 is 0. The van der Waals surface area contributed by atoms with Crippen LogP contribution in [0.2, 0.25) is 0 Å². The lowest BCUT2D eigenvalue weighted by molar-refractivity contribution is -0.376. The van der Waals surface area contributed by atoms with Crippen molar-refractivity contribution in [1.82, 2.24) is 0 Å². The van der Waals surface area contributed by atoms with Gasteiger partial charge in [-0.2, -0.15) is 0 Å². The van der Waals surface area contributed by atoms with Crippen molar-refractivity contribution in [2.45, 2.75) is 158 Å². The first-order valence-electron chi connectivity index (χ1n) is 15.7. The van der Waals surface area contributed by atoms with Gasteiger partial charge in [-0.1, -0.05) is 70.4 Å². The molecular formula is C30H54O12. The molecule has 12 nitrogen and oxygen atoms in total. The lowest BCUT2D eigenvalue weighted by atomic mass is 9.98. The van der Waals surface area contributed by atoms with Gasteiger partial charge < -0.3 is 54.7 Å². The maximum Gasteiger partial charge on any atom is 0.306 e. The first kappa shape index (κ1) is 37.0. The van der Waals surface area contributed by atoms with Crippen LogP contribution in [0.3, 0.4) is 0 Å². The molecule has 2 heterocycles. The fourth-order valence-corrected chi connectivity index (χ4v) is 5.17. The van der Waals surface area contributed by atoms with E-state index in [-0.39, 0.29) is 6.42 Å². The zero-order chi connectivity index (χ0) is 30.9. The van der Waals surface area contributed by atoms with Crippen LogP contribution in [-0.2, 0) is 23.7 Å². The van der Waals surface area contributed by atoms with Crippen molar-refractivity contribution in [2.24, 2.45) is 0 Å². The molecule has 0 unspecified atom stereocenters. The molecule has 2 fully saturated rings. The Balaban J connectivity index is 1.69. The monoisotopic (exact) mass is 606 g/mol. The molecule has 0 aromatic heterocycles. The molecule has 12 heteroatoms. The maximum absolute atomic E-state index is 12.5. The van der Waals surface area contributed by atoms with E-state index in [1.165, 1.54) is 38.5 Å². The molecule has 0 bridgehead atoms. The summed E-state index contributed by atoms with van der Waals surface area (Å²) in [5.74, 6) is -0.638. The molecule has 0 saturated carbocycles. The second-order valence-corrected chi connectivity index (χ2v) is 11.3. The SMILES string of the molecule is CCCCCCCC/C=C\CCCCCCCC(=O)O[C@@H]1[C@@H](O)[C@@H](O[C@H]2O[C@H](CO)[C@@H](O)[C@H](O)[C@H]2O)O[C@H](CO)[C@H]1O. The molecule has 10 atom stereocenters. The maximum atomic E-state index is 12.5. The minimum atomic E-state index is -1.76. The largest absolute Gasteiger partial charge is 0.456 e. The summed E-state index contributed by atoms with van der Waals surface area (Å²) in [5, 5.41) is 70.4. The summed E-state index contributed by atoms with van der Waals surface area (Å²) in [5.41, 5.74) is 0. The highest BCUT2D eigenvalue weighted by Crippen LogP contribution is 2.29. The quantitative estimate of drug-likeness (QED) is 0.0595. The smallest absolute Gasteiger partial charge is 0.306 e. The van der Waals surface area contributed by atoms with Gasteiger partial charge in [0.1, 0.15) is 42.7 Å². The highest BCUT2D eigenvalue weighted by atomic mass is 16.8. The molecule has 0 aromatic carbocycles. The number of ether oxygens (including phenoxy) is 4. The Hall–Kier alpha value is -1.19. The van der Waals surface area contributed by atoms with Crippen molar-refractivity contribution in [3.8, 4) is 0 Å². The van der Waals surface area contributed by atoms with Crippen molar-refractivity contribution in [3.05, 3.63) is 12.2 Å². The first-order valence-corrected chi connectivity index (χ1v) is 15.7. The highest BCUT2D eigenvalue weighted by molar-refractivity contribution is 5.69. The number of rotatable bonds is 20. The van der Waals surface area contributed by atoms with Crippen LogP contribution in [-0.4, -0.2) is 116 Å². The summed E-state index contributed by atoms with van der Waals surface area (Å²) in [6.45, 7) is 0.850. The van der Waals surface area contributed by atoms with E-state index in [0.29, 0.717) is 6.42 Å². The first-order chi connectivity index (χ1) is 20.2. The topological polar surface area (TPSA) is 196 Å². The number of carbonyl (C=O) groups excluding carboxylic acids is 1. The number of unbranched alkanes of at least 4 members (excludes halogenated alkanes) is 11. The van der Waals surface area contributed by atoms with Gasteiger partial charge in [0.2, 0.25) is 0 Å². The fourth-order valence-electron chi connectivity index (χ4n) is 5.17. The van der Waals surface area contributed by atoms with Gasteiger partial charge in [-0.3, -0.25) is 4.79 Å². The summed E-state index contributed by atoms with van der Waals surface area (Å²) in [6.07, 6.45) is 3.47. The minimum absolute atomic E-state index is 0.0803. The van der Waals surface area contributed by atoms with Crippen LogP contribution in [0.15, 0.2) is 12.2 Å². The predicted octanol–water partition coefficient (Wildman–Crippen LogP) is 1.19. The van der Waals surface area contributed by atoms with Crippen molar-refractivity contribution in [3.63, 3.8) is 0 Å². The number of aliphatic hydroxyl groups is 7. The van der Waals surface area contributed by atoms with Crippen molar-refractivity contribution >= 4 is 5.97 Å². The average molecular weight is 607 g/mol. The number of hydrogen-bond acceptors (Lipinski definition) is 12. The highest BCUT2D eigenvalue weighted by Gasteiger charge is 2.51. The second-order valence-electron chi connectivity index (χ2n) is 11.3. The van der Waals surface area contributed by atoms with E-state index >= 15 is 0 Å². The number of carbonyl (C=O) groups is 1. The van der Waals surface area contributed by atoms with E-state index in [2.05, 4.69) is 19.1 Å². The fraction of sp³-hybridized carbons (Fsp3) is 0.900. The van der Waals surface area contributed by atoms with Gasteiger partial charge in [-0.15, -0.1) is 0 Å². The summed E-state index contributed by atoms with van der Waals surface area (Å²) in [7, 11) is 0. The Morgan fingerprint density at radius 3 is 1.71 bits per heavy atom. The lowest BCUT2D eigenvalue weighted by Crippen LogP contribution is -2.64. The van der Waals surface area contributed by atoms with Gasteiger partial charge in [0.15, 0.2) is 18.7 Å². The van der Waals surface area contributed by atoms with E-state index in [4.69, 9.17) is 18.9 Å². The molecule has 7 N–H and O–H groups in total. The molecule has 2 saturated heterocycles. The number of esters is 1. The third kappa shape index (κ3) is 12.1. The Kier molecular flexibility index (Phi) is 18.2. The van der Waals surface area contributed by atoms with Crippen molar-refractivity contribution in [2.75, 3.05) is 13.2 Å². The van der Waals surface area contributed by atoms with Crippen LogP contribution in [0.25, 0.3) is 0 Å².